The lowest BCUT2D eigenvalue weighted by Crippen LogP contribution is -2.48. The summed E-state index contributed by atoms with van der Waals surface area (Å²) in [5, 5.41) is 8.82. The molecule has 1 fully saturated rings. The zero-order valence-electron chi connectivity index (χ0n) is 16.5. The summed E-state index contributed by atoms with van der Waals surface area (Å²) >= 11 is 0. The van der Waals surface area contributed by atoms with E-state index in [4.69, 9.17) is 0 Å². The molecule has 30 heavy (non-hydrogen) atoms. The van der Waals surface area contributed by atoms with Gasteiger partial charge < -0.3 is 4.90 Å². The molecule has 0 bridgehead atoms. The Morgan fingerprint density at radius 1 is 0.867 bits per heavy atom. The smallest absolute Gasteiger partial charge is 0.266 e. The van der Waals surface area contributed by atoms with Crippen LogP contribution in [0.2, 0.25) is 0 Å². The van der Waals surface area contributed by atoms with Gasteiger partial charge in [0, 0.05) is 69.1 Å². The number of fused-ring (bicyclic) bond motifs is 1. The molecule has 0 spiro atoms. The molecule has 1 aliphatic rings. The quantitative estimate of drug-likeness (QED) is 0.495. The molecule has 0 aromatic carbocycles. The summed E-state index contributed by atoms with van der Waals surface area (Å²) < 4.78 is 3.40. The summed E-state index contributed by atoms with van der Waals surface area (Å²) in [6, 6.07) is 9.12. The minimum Gasteiger partial charge on any atom is -0.352 e. The van der Waals surface area contributed by atoms with Gasteiger partial charge in [0.05, 0.1) is 18.4 Å². The van der Waals surface area contributed by atoms with E-state index in [1.165, 1.54) is 0 Å². The van der Waals surface area contributed by atoms with Gasteiger partial charge in [-0.05, 0) is 24.3 Å². The maximum absolute atomic E-state index is 12.3. The predicted octanol–water partition coefficient (Wildman–Crippen LogP) is 1.17. The van der Waals surface area contributed by atoms with Crippen LogP contribution in [0.25, 0.3) is 16.8 Å². The van der Waals surface area contributed by atoms with E-state index >= 15 is 0 Å². The van der Waals surface area contributed by atoms with Gasteiger partial charge in [-0.3, -0.25) is 14.7 Å². The van der Waals surface area contributed by atoms with Crippen molar-refractivity contribution in [2.45, 2.75) is 6.54 Å². The molecule has 0 saturated carbocycles. The number of hydrogen-bond donors (Lipinski definition) is 0. The summed E-state index contributed by atoms with van der Waals surface area (Å²) in [4.78, 5) is 25.5. The molecule has 0 aliphatic carbocycles. The van der Waals surface area contributed by atoms with Crippen LogP contribution in [-0.2, 0) is 6.54 Å². The highest BCUT2D eigenvalue weighted by atomic mass is 16.1. The van der Waals surface area contributed by atoms with Crippen LogP contribution in [0.4, 0.5) is 5.82 Å². The molecule has 0 unspecified atom stereocenters. The van der Waals surface area contributed by atoms with Crippen molar-refractivity contribution >= 4 is 11.3 Å². The maximum atomic E-state index is 12.3. The van der Waals surface area contributed by atoms with E-state index in [1.54, 1.807) is 41.6 Å². The van der Waals surface area contributed by atoms with Crippen molar-refractivity contribution in [2.24, 2.45) is 0 Å². The first-order chi connectivity index (χ1) is 14.8. The summed E-state index contributed by atoms with van der Waals surface area (Å²) in [6.07, 6.45) is 8.90. The van der Waals surface area contributed by atoms with Gasteiger partial charge in [0.1, 0.15) is 5.52 Å². The number of hydrogen-bond acceptors (Lipinski definition) is 7. The van der Waals surface area contributed by atoms with E-state index in [0.29, 0.717) is 6.54 Å². The minimum atomic E-state index is -0.0805. The van der Waals surface area contributed by atoms with Crippen molar-refractivity contribution in [3.05, 3.63) is 71.7 Å². The lowest BCUT2D eigenvalue weighted by atomic mass is 10.2. The molecule has 0 amide bonds. The van der Waals surface area contributed by atoms with Gasteiger partial charge in [-0.15, -0.1) is 0 Å². The van der Waals surface area contributed by atoms with Crippen molar-refractivity contribution in [1.29, 1.82) is 0 Å². The van der Waals surface area contributed by atoms with Crippen molar-refractivity contribution in [3.63, 3.8) is 0 Å². The molecule has 152 valence electrons. The fraction of sp³-hybridized carbons (Fsp3) is 0.286. The average Bonchev–Trinajstić information content (AvgIpc) is 3.29. The van der Waals surface area contributed by atoms with Crippen LogP contribution in [0, 0.1) is 0 Å². The molecule has 9 nitrogen and oxygen atoms in total. The molecule has 1 saturated heterocycles. The highest BCUT2D eigenvalue weighted by Gasteiger charge is 2.20. The monoisotopic (exact) mass is 402 g/mol. The number of piperazine rings is 1. The second kappa shape index (κ2) is 8.03. The first kappa shape index (κ1) is 18.4. The second-order valence-corrected chi connectivity index (χ2v) is 7.26. The lowest BCUT2D eigenvalue weighted by Gasteiger charge is -2.35. The lowest BCUT2D eigenvalue weighted by molar-refractivity contribution is 0.242. The van der Waals surface area contributed by atoms with E-state index in [2.05, 4.69) is 30.0 Å². The molecule has 5 rings (SSSR count). The van der Waals surface area contributed by atoms with Crippen LogP contribution in [0.1, 0.15) is 0 Å². The van der Waals surface area contributed by atoms with Crippen molar-refractivity contribution in [1.82, 2.24) is 34.3 Å². The molecule has 0 N–H and O–H groups in total. The fourth-order valence-electron chi connectivity index (χ4n) is 3.79. The Kier molecular flexibility index (Phi) is 4.94. The Balaban J connectivity index is 1.22. The van der Waals surface area contributed by atoms with Crippen molar-refractivity contribution in [2.75, 3.05) is 37.6 Å². The molecule has 9 heteroatoms. The van der Waals surface area contributed by atoms with Gasteiger partial charge in [-0.2, -0.15) is 10.2 Å². The Hall–Kier alpha value is -3.59. The van der Waals surface area contributed by atoms with E-state index in [1.807, 2.05) is 28.9 Å². The van der Waals surface area contributed by atoms with E-state index < -0.39 is 0 Å². The molecule has 4 aromatic heterocycles. The standard InChI is InChI=1S/C21H22N8O/c30-20-2-1-18(17-3-6-22-7-4-17)25-29(20)16-13-26-11-14-27(15-12-26)21-19-5-8-24-28(19)10-9-23-21/h1-10H,11-16H2. The number of nitrogens with zero attached hydrogens (tertiary/aromatic N) is 8. The number of anilines is 1. The van der Waals surface area contributed by atoms with Crippen molar-refractivity contribution in [3.8, 4) is 11.3 Å². The normalized spacial score (nSPS) is 15.0. The van der Waals surface area contributed by atoms with Gasteiger partial charge in [-0.1, -0.05) is 0 Å². The SMILES string of the molecule is O=c1ccc(-c2ccncc2)nn1CCN1CCN(c2nccn3nccc23)CC1. The van der Waals surface area contributed by atoms with E-state index in [9.17, 15) is 4.79 Å². The van der Waals surface area contributed by atoms with Gasteiger partial charge >= 0.3 is 0 Å². The molecular weight excluding hydrogens is 380 g/mol. The Morgan fingerprint density at radius 2 is 1.70 bits per heavy atom. The summed E-state index contributed by atoms with van der Waals surface area (Å²) in [5.74, 6) is 0.970. The topological polar surface area (TPSA) is 84.5 Å². The van der Waals surface area contributed by atoms with E-state index in [0.717, 1.165) is 55.3 Å². The summed E-state index contributed by atoms with van der Waals surface area (Å²) in [5.41, 5.74) is 2.67. The zero-order valence-corrected chi connectivity index (χ0v) is 16.5. The maximum Gasteiger partial charge on any atom is 0.266 e. The van der Waals surface area contributed by atoms with Gasteiger partial charge in [0.25, 0.3) is 5.56 Å². The fourth-order valence-corrected chi connectivity index (χ4v) is 3.79. The van der Waals surface area contributed by atoms with Crippen molar-refractivity contribution < 1.29 is 0 Å². The number of aromatic nitrogens is 6. The third-order valence-corrected chi connectivity index (χ3v) is 5.45. The van der Waals surface area contributed by atoms with Crippen LogP contribution in [-0.4, -0.2) is 67.0 Å². The third-order valence-electron chi connectivity index (χ3n) is 5.45. The van der Waals surface area contributed by atoms with Crippen LogP contribution >= 0.6 is 0 Å². The largest absolute Gasteiger partial charge is 0.352 e. The van der Waals surface area contributed by atoms with Crippen LogP contribution in [0.3, 0.4) is 0 Å². The van der Waals surface area contributed by atoms with E-state index in [-0.39, 0.29) is 5.56 Å². The highest BCUT2D eigenvalue weighted by Crippen LogP contribution is 2.19. The molecule has 5 heterocycles. The molecule has 0 atom stereocenters. The molecular formula is C21H22N8O. The Morgan fingerprint density at radius 3 is 2.53 bits per heavy atom. The first-order valence-electron chi connectivity index (χ1n) is 10.0. The minimum absolute atomic E-state index is 0.0805. The molecule has 1 aliphatic heterocycles. The van der Waals surface area contributed by atoms with Crippen LogP contribution < -0.4 is 10.5 Å². The molecule has 4 aromatic rings. The van der Waals surface area contributed by atoms with Crippen LogP contribution in [0.5, 0.6) is 0 Å². The van der Waals surface area contributed by atoms with Gasteiger partial charge in [-0.25, -0.2) is 14.2 Å². The first-order valence-corrected chi connectivity index (χ1v) is 10.0. The average molecular weight is 402 g/mol. The third kappa shape index (κ3) is 3.67. The Bertz CT molecular complexity index is 1190. The van der Waals surface area contributed by atoms with Gasteiger partial charge in [0.2, 0.25) is 0 Å². The summed E-state index contributed by atoms with van der Waals surface area (Å²) in [6.45, 7) is 4.94. The highest BCUT2D eigenvalue weighted by molar-refractivity contribution is 5.68. The van der Waals surface area contributed by atoms with Crippen LogP contribution in [0.15, 0.2) is 66.1 Å². The predicted molar refractivity (Wildman–Crippen MR) is 113 cm³/mol. The van der Waals surface area contributed by atoms with Gasteiger partial charge in [0.15, 0.2) is 5.82 Å². The Labute approximate surface area is 173 Å². The zero-order chi connectivity index (χ0) is 20.3. The number of rotatable bonds is 5. The number of pyridine rings is 1. The second-order valence-electron chi connectivity index (χ2n) is 7.26. The molecule has 0 radical (unpaired) electrons. The summed E-state index contributed by atoms with van der Waals surface area (Å²) in [7, 11) is 0.